The quantitative estimate of drug-likeness (QED) is 0.717. The second-order valence-electron chi connectivity index (χ2n) is 4.73. The second kappa shape index (κ2) is 6.95. The number of piperidine rings is 1. The average molecular weight is 285 g/mol. The minimum atomic E-state index is -0.499. The van der Waals surface area contributed by atoms with Gasteiger partial charge in [0.1, 0.15) is 0 Å². The third-order valence-corrected chi connectivity index (χ3v) is 4.06. The highest BCUT2D eigenvalue weighted by Gasteiger charge is 2.26. The summed E-state index contributed by atoms with van der Waals surface area (Å²) in [6.07, 6.45) is 2.30. The van der Waals surface area contributed by atoms with Gasteiger partial charge in [-0.3, -0.25) is 4.79 Å². The molecule has 1 amide bonds. The van der Waals surface area contributed by atoms with E-state index in [1.807, 2.05) is 5.38 Å². The number of carbonyl (C=O) groups excluding carboxylic acids is 1. The van der Waals surface area contributed by atoms with E-state index >= 15 is 0 Å². The highest BCUT2D eigenvalue weighted by molar-refractivity contribution is 7.13. The van der Waals surface area contributed by atoms with Gasteiger partial charge in [-0.15, -0.1) is 11.3 Å². The number of aliphatic hydroxyl groups excluding tert-OH is 2. The Balaban J connectivity index is 1.69. The summed E-state index contributed by atoms with van der Waals surface area (Å²) in [6, 6.07) is 0. The number of hydrogen-bond donors (Lipinski definition) is 3. The number of hydrogen-bond acceptors (Lipinski definition) is 6. The molecule has 1 saturated heterocycles. The number of carbonyl (C=O) groups is 1. The van der Waals surface area contributed by atoms with E-state index in [0.29, 0.717) is 24.6 Å². The lowest BCUT2D eigenvalue weighted by Crippen LogP contribution is -2.45. The van der Waals surface area contributed by atoms with Crippen LogP contribution in [0.25, 0.3) is 0 Å². The Hall–Kier alpha value is -1.02. The molecule has 106 valence electrons. The summed E-state index contributed by atoms with van der Waals surface area (Å²) >= 11 is 1.39. The summed E-state index contributed by atoms with van der Waals surface area (Å²) in [5.41, 5.74) is 0. The van der Waals surface area contributed by atoms with Gasteiger partial charge >= 0.3 is 0 Å². The monoisotopic (exact) mass is 285 g/mol. The first-order valence-electron chi connectivity index (χ1n) is 6.39. The van der Waals surface area contributed by atoms with Crippen LogP contribution in [-0.2, 0) is 4.79 Å². The van der Waals surface area contributed by atoms with Crippen molar-refractivity contribution >= 4 is 22.4 Å². The standard InChI is InChI=1S/C12H19N3O3S/c16-8-9-1-4-15(7-10(9)17)5-2-11(18)14-12-13-3-6-19-12/h3,6,9-10,16-17H,1-2,4-5,7-8H2,(H,13,14,18)/t9-,10+/m1/s1. The van der Waals surface area contributed by atoms with Gasteiger partial charge in [0, 0.05) is 43.6 Å². The molecule has 0 saturated carbocycles. The van der Waals surface area contributed by atoms with Crippen molar-refractivity contribution in [2.75, 3.05) is 31.6 Å². The van der Waals surface area contributed by atoms with Gasteiger partial charge in [-0.05, 0) is 13.0 Å². The fourth-order valence-electron chi connectivity index (χ4n) is 2.19. The summed E-state index contributed by atoms with van der Waals surface area (Å²) in [6.45, 7) is 1.98. The van der Waals surface area contributed by atoms with Gasteiger partial charge in [0.2, 0.25) is 5.91 Å². The smallest absolute Gasteiger partial charge is 0.227 e. The number of likely N-dealkylation sites (tertiary alicyclic amines) is 1. The number of β-amino-alcohol motifs (C(OH)–C–C–N with tert-alkyl or cyclic N) is 1. The molecule has 2 heterocycles. The van der Waals surface area contributed by atoms with Crippen molar-refractivity contribution in [3.8, 4) is 0 Å². The zero-order chi connectivity index (χ0) is 13.7. The summed E-state index contributed by atoms with van der Waals surface area (Å²) in [5.74, 6) is -0.0888. The minimum absolute atomic E-state index is 0.0273. The molecule has 2 atom stereocenters. The normalized spacial score (nSPS) is 24.3. The van der Waals surface area contributed by atoms with E-state index < -0.39 is 6.10 Å². The zero-order valence-corrected chi connectivity index (χ0v) is 11.5. The third kappa shape index (κ3) is 4.24. The van der Waals surface area contributed by atoms with Gasteiger partial charge in [-0.25, -0.2) is 4.98 Å². The molecule has 1 aliphatic rings. The van der Waals surface area contributed by atoms with Crippen LogP contribution >= 0.6 is 11.3 Å². The number of aromatic nitrogens is 1. The van der Waals surface area contributed by atoms with Crippen molar-refractivity contribution in [3.63, 3.8) is 0 Å². The molecular weight excluding hydrogens is 266 g/mol. The molecule has 0 aromatic carbocycles. The lowest BCUT2D eigenvalue weighted by atomic mass is 9.95. The fourth-order valence-corrected chi connectivity index (χ4v) is 2.73. The molecule has 2 rings (SSSR count). The highest BCUT2D eigenvalue weighted by Crippen LogP contribution is 2.17. The van der Waals surface area contributed by atoms with Gasteiger partial charge in [-0.1, -0.05) is 0 Å². The molecule has 0 aliphatic carbocycles. The Morgan fingerprint density at radius 3 is 3.11 bits per heavy atom. The first kappa shape index (κ1) is 14.4. The number of thiazole rings is 1. The molecule has 1 aliphatic heterocycles. The Morgan fingerprint density at radius 2 is 2.47 bits per heavy atom. The number of anilines is 1. The molecule has 0 unspecified atom stereocenters. The number of nitrogens with zero attached hydrogens (tertiary/aromatic N) is 2. The SMILES string of the molecule is O=C(CCN1CC[C@H](CO)[C@@H](O)C1)Nc1nccs1. The molecule has 1 aromatic heterocycles. The highest BCUT2D eigenvalue weighted by atomic mass is 32.1. The van der Waals surface area contributed by atoms with Crippen molar-refractivity contribution in [2.45, 2.75) is 18.9 Å². The van der Waals surface area contributed by atoms with E-state index in [1.165, 1.54) is 11.3 Å². The number of aliphatic hydroxyl groups is 2. The van der Waals surface area contributed by atoms with Gasteiger partial charge in [-0.2, -0.15) is 0 Å². The third-order valence-electron chi connectivity index (χ3n) is 3.37. The predicted molar refractivity (Wildman–Crippen MR) is 73.0 cm³/mol. The largest absolute Gasteiger partial charge is 0.396 e. The lowest BCUT2D eigenvalue weighted by molar-refractivity contribution is -0.116. The van der Waals surface area contributed by atoms with Crippen molar-refractivity contribution < 1.29 is 15.0 Å². The van der Waals surface area contributed by atoms with Gasteiger partial charge in [0.25, 0.3) is 0 Å². The van der Waals surface area contributed by atoms with E-state index in [0.717, 1.165) is 13.0 Å². The topological polar surface area (TPSA) is 85.7 Å². The van der Waals surface area contributed by atoms with Crippen molar-refractivity contribution in [1.29, 1.82) is 0 Å². The number of rotatable bonds is 5. The maximum atomic E-state index is 11.7. The zero-order valence-electron chi connectivity index (χ0n) is 10.7. The Labute approximate surface area is 116 Å². The van der Waals surface area contributed by atoms with E-state index in [2.05, 4.69) is 15.2 Å². The first-order valence-corrected chi connectivity index (χ1v) is 7.27. The molecule has 0 spiro atoms. The van der Waals surface area contributed by atoms with Crippen LogP contribution in [0.4, 0.5) is 5.13 Å². The molecule has 1 aromatic rings. The van der Waals surface area contributed by atoms with Crippen molar-refractivity contribution in [3.05, 3.63) is 11.6 Å². The van der Waals surface area contributed by atoms with Gasteiger partial charge in [0.15, 0.2) is 5.13 Å². The Morgan fingerprint density at radius 1 is 1.63 bits per heavy atom. The van der Waals surface area contributed by atoms with E-state index in [4.69, 9.17) is 5.11 Å². The molecule has 19 heavy (non-hydrogen) atoms. The molecule has 0 radical (unpaired) electrons. The summed E-state index contributed by atoms with van der Waals surface area (Å²) in [7, 11) is 0. The van der Waals surface area contributed by atoms with E-state index in [-0.39, 0.29) is 18.4 Å². The van der Waals surface area contributed by atoms with Crippen LogP contribution in [0.5, 0.6) is 0 Å². The summed E-state index contributed by atoms with van der Waals surface area (Å²) in [5, 5.41) is 24.0. The maximum Gasteiger partial charge on any atom is 0.227 e. The van der Waals surface area contributed by atoms with Crippen LogP contribution in [-0.4, -0.2) is 58.3 Å². The Bertz CT molecular complexity index is 399. The first-order chi connectivity index (χ1) is 9.19. The maximum absolute atomic E-state index is 11.7. The van der Waals surface area contributed by atoms with Crippen LogP contribution in [0, 0.1) is 5.92 Å². The summed E-state index contributed by atoms with van der Waals surface area (Å²) < 4.78 is 0. The van der Waals surface area contributed by atoms with Crippen LogP contribution in [0.3, 0.4) is 0 Å². The van der Waals surface area contributed by atoms with Crippen LogP contribution in [0.2, 0.25) is 0 Å². The molecule has 1 fully saturated rings. The molecule has 7 heteroatoms. The van der Waals surface area contributed by atoms with Crippen LogP contribution < -0.4 is 5.32 Å². The second-order valence-corrected chi connectivity index (χ2v) is 5.63. The minimum Gasteiger partial charge on any atom is -0.396 e. The summed E-state index contributed by atoms with van der Waals surface area (Å²) in [4.78, 5) is 17.7. The molecule has 3 N–H and O–H groups in total. The molecular formula is C12H19N3O3S. The average Bonchev–Trinajstić information content (AvgIpc) is 2.89. The molecule has 6 nitrogen and oxygen atoms in total. The molecule has 0 bridgehead atoms. The number of nitrogens with one attached hydrogen (secondary N) is 1. The predicted octanol–water partition coefficient (Wildman–Crippen LogP) is 0.147. The van der Waals surface area contributed by atoms with Crippen LogP contribution in [0.1, 0.15) is 12.8 Å². The van der Waals surface area contributed by atoms with Crippen LogP contribution in [0.15, 0.2) is 11.6 Å². The Kier molecular flexibility index (Phi) is 5.26. The van der Waals surface area contributed by atoms with Gasteiger partial charge in [0.05, 0.1) is 6.10 Å². The van der Waals surface area contributed by atoms with E-state index in [9.17, 15) is 9.90 Å². The fraction of sp³-hybridized carbons (Fsp3) is 0.667. The van der Waals surface area contributed by atoms with Crippen molar-refractivity contribution in [2.24, 2.45) is 5.92 Å². The van der Waals surface area contributed by atoms with Crippen molar-refractivity contribution in [1.82, 2.24) is 9.88 Å². The lowest BCUT2D eigenvalue weighted by Gasteiger charge is -2.34. The van der Waals surface area contributed by atoms with E-state index in [1.54, 1.807) is 6.20 Å². The number of amides is 1. The van der Waals surface area contributed by atoms with Gasteiger partial charge < -0.3 is 20.4 Å².